The van der Waals surface area contributed by atoms with Crippen LogP contribution in [-0.4, -0.2) is 5.92 Å². The number of hydrogen-bond donors (Lipinski definition) is 0. The number of alkyl halides is 2. The zero-order valence-electron chi connectivity index (χ0n) is 8.53. The van der Waals surface area contributed by atoms with Crippen LogP contribution in [0.2, 0.25) is 0 Å². The van der Waals surface area contributed by atoms with Crippen LogP contribution >= 0.6 is 0 Å². The summed E-state index contributed by atoms with van der Waals surface area (Å²) in [6.07, 6.45) is 1.72. The van der Waals surface area contributed by atoms with Gasteiger partial charge in [0.15, 0.2) is 0 Å². The van der Waals surface area contributed by atoms with Crippen molar-refractivity contribution in [3.63, 3.8) is 0 Å². The number of hydrogen-bond acceptors (Lipinski definition) is 0. The summed E-state index contributed by atoms with van der Waals surface area (Å²) in [7, 11) is 0. The van der Waals surface area contributed by atoms with Crippen LogP contribution in [0, 0.1) is 11.8 Å². The van der Waals surface area contributed by atoms with Crippen molar-refractivity contribution in [2.45, 2.75) is 52.9 Å². The number of halogens is 2. The molecule has 0 amide bonds. The van der Waals surface area contributed by atoms with Gasteiger partial charge in [-0.2, -0.15) is 0 Å². The summed E-state index contributed by atoms with van der Waals surface area (Å²) in [6, 6.07) is 0. The van der Waals surface area contributed by atoms with Crippen LogP contribution in [-0.2, 0) is 0 Å². The quantitative estimate of drug-likeness (QED) is 0.594. The van der Waals surface area contributed by atoms with Gasteiger partial charge in [0.2, 0.25) is 5.92 Å². The van der Waals surface area contributed by atoms with Gasteiger partial charge in [-0.05, 0) is 31.6 Å². The first-order chi connectivity index (χ1) is 5.31. The van der Waals surface area contributed by atoms with Gasteiger partial charge < -0.3 is 0 Å². The first-order valence-electron chi connectivity index (χ1n) is 4.69. The average Bonchev–Trinajstić information content (AvgIpc) is 1.80. The molecule has 2 heteroatoms. The SMILES string of the molecule is CC(C)C[C@H](C)CCC(C)(F)F. The largest absolute Gasteiger partial charge is 0.245 e. The maximum absolute atomic E-state index is 12.4. The molecule has 1 atom stereocenters. The highest BCUT2D eigenvalue weighted by Gasteiger charge is 2.21. The summed E-state index contributed by atoms with van der Waals surface area (Å²) >= 11 is 0. The van der Waals surface area contributed by atoms with E-state index in [1.165, 1.54) is 0 Å². The second-order valence-electron chi connectivity index (χ2n) is 4.34. The van der Waals surface area contributed by atoms with Crippen molar-refractivity contribution in [3.8, 4) is 0 Å². The average molecular weight is 178 g/mol. The fourth-order valence-corrected chi connectivity index (χ4v) is 1.42. The van der Waals surface area contributed by atoms with Crippen LogP contribution in [0.25, 0.3) is 0 Å². The number of rotatable bonds is 5. The lowest BCUT2D eigenvalue weighted by Gasteiger charge is -2.16. The normalized spacial score (nSPS) is 15.2. The highest BCUT2D eigenvalue weighted by atomic mass is 19.3. The Kier molecular flexibility index (Phi) is 4.73. The van der Waals surface area contributed by atoms with E-state index < -0.39 is 5.92 Å². The molecule has 0 aliphatic rings. The molecule has 0 unspecified atom stereocenters. The fraction of sp³-hybridized carbons (Fsp3) is 1.00. The van der Waals surface area contributed by atoms with Crippen LogP contribution in [0.1, 0.15) is 47.0 Å². The topological polar surface area (TPSA) is 0 Å². The Hall–Kier alpha value is -0.140. The Labute approximate surface area is 74.4 Å². The van der Waals surface area contributed by atoms with Crippen molar-refractivity contribution < 1.29 is 8.78 Å². The van der Waals surface area contributed by atoms with E-state index in [2.05, 4.69) is 13.8 Å². The van der Waals surface area contributed by atoms with E-state index in [4.69, 9.17) is 0 Å². The lowest BCUT2D eigenvalue weighted by molar-refractivity contribution is 0.00653. The minimum atomic E-state index is -2.48. The third kappa shape index (κ3) is 7.96. The molecule has 0 saturated carbocycles. The predicted molar refractivity (Wildman–Crippen MR) is 48.5 cm³/mol. The molecular formula is C10H20F2. The van der Waals surface area contributed by atoms with Gasteiger partial charge in [-0.3, -0.25) is 0 Å². The molecular weight excluding hydrogens is 158 g/mol. The molecule has 0 heterocycles. The minimum absolute atomic E-state index is 0.0287. The van der Waals surface area contributed by atoms with Crippen LogP contribution < -0.4 is 0 Å². The van der Waals surface area contributed by atoms with E-state index >= 15 is 0 Å². The van der Waals surface area contributed by atoms with Crippen LogP contribution in [0.5, 0.6) is 0 Å². The molecule has 0 rings (SSSR count). The Balaban J connectivity index is 3.51. The van der Waals surface area contributed by atoms with E-state index in [9.17, 15) is 8.78 Å². The Morgan fingerprint density at radius 1 is 1.17 bits per heavy atom. The van der Waals surface area contributed by atoms with Crippen LogP contribution in [0.15, 0.2) is 0 Å². The van der Waals surface area contributed by atoms with Gasteiger partial charge in [-0.25, -0.2) is 8.78 Å². The van der Waals surface area contributed by atoms with E-state index in [1.54, 1.807) is 0 Å². The molecule has 0 aliphatic heterocycles. The highest BCUT2D eigenvalue weighted by molar-refractivity contribution is 4.63. The monoisotopic (exact) mass is 178 g/mol. The third-order valence-electron chi connectivity index (χ3n) is 1.95. The molecule has 0 aromatic heterocycles. The van der Waals surface area contributed by atoms with Gasteiger partial charge in [-0.1, -0.05) is 20.8 Å². The second-order valence-corrected chi connectivity index (χ2v) is 4.34. The van der Waals surface area contributed by atoms with Crippen LogP contribution in [0.4, 0.5) is 8.78 Å². The Morgan fingerprint density at radius 2 is 1.67 bits per heavy atom. The van der Waals surface area contributed by atoms with Crippen molar-refractivity contribution in [1.29, 1.82) is 0 Å². The molecule has 0 saturated heterocycles. The van der Waals surface area contributed by atoms with Crippen molar-refractivity contribution in [1.82, 2.24) is 0 Å². The molecule has 0 N–H and O–H groups in total. The van der Waals surface area contributed by atoms with Crippen molar-refractivity contribution in [3.05, 3.63) is 0 Å². The Morgan fingerprint density at radius 3 is 2.00 bits per heavy atom. The first kappa shape index (κ1) is 11.9. The van der Waals surface area contributed by atoms with Gasteiger partial charge in [0.1, 0.15) is 0 Å². The zero-order chi connectivity index (χ0) is 9.78. The van der Waals surface area contributed by atoms with Gasteiger partial charge in [-0.15, -0.1) is 0 Å². The zero-order valence-corrected chi connectivity index (χ0v) is 8.53. The summed E-state index contributed by atoms with van der Waals surface area (Å²) in [5, 5.41) is 0. The van der Waals surface area contributed by atoms with Gasteiger partial charge >= 0.3 is 0 Å². The fourth-order valence-electron chi connectivity index (χ4n) is 1.42. The van der Waals surface area contributed by atoms with Crippen molar-refractivity contribution in [2.24, 2.45) is 11.8 Å². The third-order valence-corrected chi connectivity index (χ3v) is 1.95. The summed E-state index contributed by atoms with van der Waals surface area (Å²) < 4.78 is 24.8. The molecule has 12 heavy (non-hydrogen) atoms. The maximum atomic E-state index is 12.4. The first-order valence-corrected chi connectivity index (χ1v) is 4.69. The van der Waals surface area contributed by atoms with Crippen molar-refractivity contribution >= 4 is 0 Å². The van der Waals surface area contributed by atoms with Crippen LogP contribution in [0.3, 0.4) is 0 Å². The second kappa shape index (κ2) is 4.78. The molecule has 74 valence electrons. The molecule has 0 bridgehead atoms. The molecule has 0 aromatic carbocycles. The molecule has 0 radical (unpaired) electrons. The molecule has 0 spiro atoms. The lowest BCUT2D eigenvalue weighted by atomic mass is 9.93. The minimum Gasteiger partial charge on any atom is -0.207 e. The summed E-state index contributed by atoms with van der Waals surface area (Å²) in [4.78, 5) is 0. The van der Waals surface area contributed by atoms with Gasteiger partial charge in [0, 0.05) is 6.42 Å². The highest BCUT2D eigenvalue weighted by Crippen LogP contribution is 2.24. The van der Waals surface area contributed by atoms with E-state index in [1.807, 2.05) is 6.92 Å². The van der Waals surface area contributed by atoms with Gasteiger partial charge in [0.05, 0.1) is 0 Å². The summed E-state index contributed by atoms with van der Waals surface area (Å²) in [6.45, 7) is 7.29. The Bertz CT molecular complexity index is 113. The molecule has 0 aliphatic carbocycles. The maximum Gasteiger partial charge on any atom is 0.245 e. The lowest BCUT2D eigenvalue weighted by Crippen LogP contribution is -2.12. The molecule has 0 nitrogen and oxygen atoms in total. The molecule has 0 fully saturated rings. The van der Waals surface area contributed by atoms with E-state index in [0.717, 1.165) is 13.3 Å². The van der Waals surface area contributed by atoms with E-state index in [-0.39, 0.29) is 6.42 Å². The predicted octanol–water partition coefficient (Wildman–Crippen LogP) is 4.10. The van der Waals surface area contributed by atoms with Crippen molar-refractivity contribution in [2.75, 3.05) is 0 Å². The van der Waals surface area contributed by atoms with Gasteiger partial charge in [0.25, 0.3) is 0 Å². The smallest absolute Gasteiger partial charge is 0.207 e. The molecule has 0 aromatic rings. The standard InChI is InChI=1S/C10H20F2/c1-8(2)7-9(3)5-6-10(4,11)12/h8-9H,5-7H2,1-4H3/t9-/m1/s1. The summed E-state index contributed by atoms with van der Waals surface area (Å²) in [5.74, 6) is -1.44. The summed E-state index contributed by atoms with van der Waals surface area (Å²) in [5.41, 5.74) is 0. The van der Waals surface area contributed by atoms with E-state index in [0.29, 0.717) is 18.3 Å².